The molecule has 31 heavy (non-hydrogen) atoms. The average molecular weight is 452 g/mol. The van der Waals surface area contributed by atoms with Crippen molar-refractivity contribution in [2.75, 3.05) is 5.32 Å². The lowest BCUT2D eigenvalue weighted by atomic mass is 9.90. The molecule has 0 saturated heterocycles. The van der Waals surface area contributed by atoms with E-state index < -0.39 is 11.9 Å². The average Bonchev–Trinajstić information content (AvgIpc) is 3.21. The lowest BCUT2D eigenvalue weighted by Gasteiger charge is -2.30. The third-order valence-electron chi connectivity index (χ3n) is 5.40. The van der Waals surface area contributed by atoms with E-state index in [1.54, 1.807) is 29.4 Å². The maximum absolute atomic E-state index is 13.3. The molecule has 1 fully saturated rings. The minimum atomic E-state index is -4.54. The standard InChI is InChI=1S/C21H21ClF3N5O/c22-13-1-6-17-16(9-13)18(10-19(29-17)21(23,24)25)27-14-2-4-15(5-3-14)28-20(31)11-30-8-7-26-12-30/h1,6-10,12,14-15H,2-5,11H2,(H,27,29)(H,28,31)/t14-,15+. The minimum Gasteiger partial charge on any atom is -0.382 e. The molecule has 4 rings (SSSR count). The summed E-state index contributed by atoms with van der Waals surface area (Å²) < 4.78 is 41.6. The van der Waals surface area contributed by atoms with Crippen LogP contribution < -0.4 is 10.6 Å². The van der Waals surface area contributed by atoms with Gasteiger partial charge in [0, 0.05) is 40.6 Å². The second kappa shape index (κ2) is 8.74. The molecule has 1 aliphatic carbocycles. The Balaban J connectivity index is 1.42. The van der Waals surface area contributed by atoms with E-state index in [0.29, 0.717) is 16.1 Å². The van der Waals surface area contributed by atoms with Crippen LogP contribution in [0.25, 0.3) is 10.9 Å². The number of carbonyl (C=O) groups excluding carboxylic acids is 1. The number of pyridine rings is 1. The second-order valence-corrected chi connectivity index (χ2v) is 8.15. The summed E-state index contributed by atoms with van der Waals surface area (Å²) in [6.45, 7) is 0.210. The number of benzene rings is 1. The van der Waals surface area contributed by atoms with Crippen molar-refractivity contribution in [3.8, 4) is 0 Å². The molecule has 0 unspecified atom stereocenters. The van der Waals surface area contributed by atoms with Crippen molar-refractivity contribution in [2.45, 2.75) is 50.5 Å². The number of aromatic nitrogens is 3. The molecule has 6 nitrogen and oxygen atoms in total. The van der Waals surface area contributed by atoms with Gasteiger partial charge in [-0.1, -0.05) is 11.6 Å². The van der Waals surface area contributed by atoms with E-state index in [1.807, 2.05) is 0 Å². The maximum atomic E-state index is 13.3. The Morgan fingerprint density at radius 1 is 1.16 bits per heavy atom. The van der Waals surface area contributed by atoms with Crippen LogP contribution in [-0.4, -0.2) is 32.5 Å². The molecule has 1 aromatic carbocycles. The summed E-state index contributed by atoms with van der Waals surface area (Å²) in [5.41, 5.74) is -0.333. The Kier molecular flexibility index (Phi) is 6.04. The molecule has 1 amide bonds. The topological polar surface area (TPSA) is 71.8 Å². The van der Waals surface area contributed by atoms with Crippen molar-refractivity contribution in [2.24, 2.45) is 0 Å². The number of nitrogens with one attached hydrogen (secondary N) is 2. The SMILES string of the molecule is O=C(Cn1ccnc1)N[C@H]1CC[C@@H](Nc2cc(C(F)(F)F)nc3ccc(Cl)cc23)CC1. The molecule has 2 N–H and O–H groups in total. The van der Waals surface area contributed by atoms with Crippen LogP contribution >= 0.6 is 11.6 Å². The lowest BCUT2D eigenvalue weighted by molar-refractivity contribution is -0.140. The number of imidazole rings is 1. The highest BCUT2D eigenvalue weighted by Crippen LogP contribution is 2.35. The Morgan fingerprint density at radius 3 is 2.58 bits per heavy atom. The van der Waals surface area contributed by atoms with Crippen LogP contribution in [0.3, 0.4) is 0 Å². The number of anilines is 1. The Bertz CT molecular complexity index is 1060. The summed E-state index contributed by atoms with van der Waals surface area (Å²) in [6.07, 6.45) is 3.31. The van der Waals surface area contributed by atoms with Gasteiger partial charge >= 0.3 is 6.18 Å². The number of carbonyl (C=O) groups is 1. The van der Waals surface area contributed by atoms with Gasteiger partial charge in [-0.15, -0.1) is 0 Å². The van der Waals surface area contributed by atoms with Gasteiger partial charge in [-0.2, -0.15) is 13.2 Å². The largest absolute Gasteiger partial charge is 0.433 e. The summed E-state index contributed by atoms with van der Waals surface area (Å²) in [6, 6.07) is 5.71. The molecule has 2 aromatic heterocycles. The van der Waals surface area contributed by atoms with Crippen LogP contribution in [0.1, 0.15) is 31.4 Å². The highest BCUT2D eigenvalue weighted by Gasteiger charge is 2.34. The van der Waals surface area contributed by atoms with Gasteiger partial charge in [-0.25, -0.2) is 9.97 Å². The van der Waals surface area contributed by atoms with Crippen LogP contribution in [0.4, 0.5) is 18.9 Å². The third kappa shape index (κ3) is 5.28. The van der Waals surface area contributed by atoms with E-state index in [1.165, 1.54) is 12.1 Å². The molecule has 0 spiro atoms. The number of fused-ring (bicyclic) bond motifs is 1. The van der Waals surface area contributed by atoms with Gasteiger partial charge in [-0.05, 0) is 49.9 Å². The number of halogens is 4. The summed E-state index contributed by atoms with van der Waals surface area (Å²) in [5.74, 6) is -0.0843. The summed E-state index contributed by atoms with van der Waals surface area (Å²) >= 11 is 6.06. The van der Waals surface area contributed by atoms with Crippen LogP contribution in [0.2, 0.25) is 5.02 Å². The zero-order valence-electron chi connectivity index (χ0n) is 16.5. The fourth-order valence-corrected chi connectivity index (χ4v) is 4.06. The second-order valence-electron chi connectivity index (χ2n) is 7.71. The quantitative estimate of drug-likeness (QED) is 0.592. The molecule has 3 aromatic rings. The number of rotatable bonds is 5. The van der Waals surface area contributed by atoms with Crippen molar-refractivity contribution in [3.05, 3.63) is 53.7 Å². The van der Waals surface area contributed by atoms with Crippen molar-refractivity contribution >= 4 is 34.1 Å². The first kappa shape index (κ1) is 21.4. The van der Waals surface area contributed by atoms with Crippen molar-refractivity contribution in [1.29, 1.82) is 0 Å². The maximum Gasteiger partial charge on any atom is 0.433 e. The van der Waals surface area contributed by atoms with E-state index >= 15 is 0 Å². The number of nitrogens with zero attached hydrogens (tertiary/aromatic N) is 3. The van der Waals surface area contributed by atoms with Gasteiger partial charge in [-0.3, -0.25) is 4.79 Å². The highest BCUT2D eigenvalue weighted by molar-refractivity contribution is 6.31. The number of hydrogen-bond donors (Lipinski definition) is 2. The molecule has 1 aliphatic rings. The third-order valence-corrected chi connectivity index (χ3v) is 5.63. The van der Waals surface area contributed by atoms with Gasteiger partial charge in [0.25, 0.3) is 0 Å². The highest BCUT2D eigenvalue weighted by atomic mass is 35.5. The normalized spacial score (nSPS) is 19.4. The summed E-state index contributed by atoms with van der Waals surface area (Å²) in [7, 11) is 0. The van der Waals surface area contributed by atoms with Crippen molar-refractivity contribution < 1.29 is 18.0 Å². The van der Waals surface area contributed by atoms with Gasteiger partial charge < -0.3 is 15.2 Å². The Hall–Kier alpha value is -2.81. The fourth-order valence-electron chi connectivity index (χ4n) is 3.88. The lowest BCUT2D eigenvalue weighted by Crippen LogP contribution is -2.41. The molecule has 0 atom stereocenters. The van der Waals surface area contributed by atoms with E-state index in [2.05, 4.69) is 20.6 Å². The first-order valence-corrected chi connectivity index (χ1v) is 10.3. The molecular formula is C21H21ClF3N5O. The van der Waals surface area contributed by atoms with E-state index in [-0.39, 0.29) is 30.1 Å². The molecule has 0 bridgehead atoms. The zero-order chi connectivity index (χ0) is 22.0. The van der Waals surface area contributed by atoms with Crippen molar-refractivity contribution in [3.63, 3.8) is 0 Å². The minimum absolute atomic E-state index is 0.00698. The predicted octanol–water partition coefficient (Wildman–Crippen LogP) is 4.64. The van der Waals surface area contributed by atoms with Crippen LogP contribution in [0.5, 0.6) is 0 Å². The van der Waals surface area contributed by atoms with Crippen LogP contribution in [0.15, 0.2) is 43.0 Å². The molecule has 2 heterocycles. The molecule has 0 radical (unpaired) electrons. The molecule has 10 heteroatoms. The Labute approximate surface area is 181 Å². The van der Waals surface area contributed by atoms with Gasteiger partial charge in [0.1, 0.15) is 12.2 Å². The zero-order valence-corrected chi connectivity index (χ0v) is 17.2. The predicted molar refractivity (Wildman–Crippen MR) is 112 cm³/mol. The van der Waals surface area contributed by atoms with E-state index in [4.69, 9.17) is 11.6 Å². The van der Waals surface area contributed by atoms with Gasteiger partial charge in [0.2, 0.25) is 5.91 Å². The Morgan fingerprint density at radius 2 is 1.90 bits per heavy atom. The molecule has 0 aliphatic heterocycles. The molecular weight excluding hydrogens is 431 g/mol. The number of alkyl halides is 3. The molecule has 164 valence electrons. The molecule has 1 saturated carbocycles. The van der Waals surface area contributed by atoms with Crippen LogP contribution in [0, 0.1) is 0 Å². The van der Waals surface area contributed by atoms with E-state index in [9.17, 15) is 18.0 Å². The first-order chi connectivity index (χ1) is 14.8. The van der Waals surface area contributed by atoms with Gasteiger partial charge in [0.15, 0.2) is 0 Å². The van der Waals surface area contributed by atoms with Gasteiger partial charge in [0.05, 0.1) is 11.8 Å². The fraction of sp³-hybridized carbons (Fsp3) is 0.381. The smallest absolute Gasteiger partial charge is 0.382 e. The summed E-state index contributed by atoms with van der Waals surface area (Å²) in [4.78, 5) is 19.8. The van der Waals surface area contributed by atoms with E-state index in [0.717, 1.165) is 31.7 Å². The number of amides is 1. The summed E-state index contributed by atoms with van der Waals surface area (Å²) in [5, 5.41) is 7.25. The van der Waals surface area contributed by atoms with Crippen molar-refractivity contribution in [1.82, 2.24) is 19.9 Å². The first-order valence-electron chi connectivity index (χ1n) is 9.97. The number of hydrogen-bond acceptors (Lipinski definition) is 4. The van der Waals surface area contributed by atoms with Crippen LogP contribution in [-0.2, 0) is 17.5 Å². The monoisotopic (exact) mass is 451 g/mol.